The van der Waals surface area contributed by atoms with Gasteiger partial charge in [0.25, 0.3) is 0 Å². The van der Waals surface area contributed by atoms with Gasteiger partial charge in [0, 0.05) is 18.3 Å². The molecule has 6 aliphatic rings. The van der Waals surface area contributed by atoms with Gasteiger partial charge in [0.15, 0.2) is 5.78 Å². The van der Waals surface area contributed by atoms with Crippen LogP contribution in [0.25, 0.3) is 0 Å². The smallest absolute Gasteiger partial charge is 0.302 e. The van der Waals surface area contributed by atoms with Crippen molar-refractivity contribution in [3.63, 3.8) is 0 Å². The average Bonchev–Trinajstić information content (AvgIpc) is 2.81. The largest absolute Gasteiger partial charge is 0.462 e. The molecule has 4 bridgehead atoms. The molecule has 4 saturated carbocycles. The van der Waals surface area contributed by atoms with E-state index in [0.717, 1.165) is 19.3 Å². The normalized spacial score (nSPS) is 53.5. The molecule has 6 heteroatoms. The maximum Gasteiger partial charge on any atom is 0.302 e. The highest BCUT2D eigenvalue weighted by atomic mass is 16.6. The molecule has 2 N–H and O–H groups in total. The van der Waals surface area contributed by atoms with Crippen molar-refractivity contribution < 1.29 is 29.3 Å². The molecule has 6 rings (SSSR count). The summed E-state index contributed by atoms with van der Waals surface area (Å²) in [6.07, 6.45) is 1.85. The van der Waals surface area contributed by atoms with Gasteiger partial charge in [-0.1, -0.05) is 20.4 Å². The quantitative estimate of drug-likeness (QED) is 0.525. The molecular formula is C22H30O6. The van der Waals surface area contributed by atoms with E-state index in [2.05, 4.69) is 20.4 Å². The van der Waals surface area contributed by atoms with E-state index in [9.17, 15) is 19.8 Å². The van der Waals surface area contributed by atoms with E-state index < -0.39 is 28.8 Å². The first-order chi connectivity index (χ1) is 13.0. The van der Waals surface area contributed by atoms with Gasteiger partial charge in [-0.15, -0.1) is 0 Å². The van der Waals surface area contributed by atoms with Gasteiger partial charge in [-0.2, -0.15) is 0 Å². The number of rotatable bonds is 1. The number of ether oxygens (including phenoxy) is 2. The monoisotopic (exact) mass is 390 g/mol. The molecule has 4 aliphatic carbocycles. The van der Waals surface area contributed by atoms with E-state index in [4.69, 9.17) is 9.47 Å². The van der Waals surface area contributed by atoms with E-state index in [1.165, 1.54) is 6.92 Å². The Bertz CT molecular complexity index is 788. The molecule has 0 unspecified atom stereocenters. The maximum absolute atomic E-state index is 13.5. The number of fused-ring (bicyclic) bond motifs is 2. The fourth-order valence-corrected chi connectivity index (χ4v) is 8.16. The number of carbonyl (C=O) groups excluding carboxylic acids is 2. The third-order valence-electron chi connectivity index (χ3n) is 9.08. The lowest BCUT2D eigenvalue weighted by molar-refractivity contribution is -0.448. The highest BCUT2D eigenvalue weighted by Gasteiger charge is 2.84. The number of esters is 1. The zero-order chi connectivity index (χ0) is 20.3. The van der Waals surface area contributed by atoms with Crippen molar-refractivity contribution in [2.45, 2.75) is 70.9 Å². The van der Waals surface area contributed by atoms with E-state index in [1.54, 1.807) is 0 Å². The summed E-state index contributed by atoms with van der Waals surface area (Å²) in [5.74, 6) is -2.91. The lowest BCUT2D eigenvalue weighted by atomic mass is 9.36. The number of carbonyl (C=O) groups is 2. The van der Waals surface area contributed by atoms with Crippen LogP contribution in [-0.2, 0) is 19.1 Å². The Morgan fingerprint density at radius 2 is 2.00 bits per heavy atom. The fraction of sp³-hybridized carbons (Fsp3) is 0.818. The van der Waals surface area contributed by atoms with Crippen LogP contribution in [0.3, 0.4) is 0 Å². The third kappa shape index (κ3) is 1.77. The Hall–Kier alpha value is -1.24. The van der Waals surface area contributed by atoms with Crippen LogP contribution in [-0.4, -0.2) is 46.6 Å². The second-order valence-corrected chi connectivity index (χ2v) is 10.5. The van der Waals surface area contributed by atoms with Crippen LogP contribution in [0.15, 0.2) is 12.2 Å². The Kier molecular flexibility index (Phi) is 3.53. The molecule has 2 spiro atoms. The number of aliphatic hydroxyl groups is 2. The predicted molar refractivity (Wildman–Crippen MR) is 98.8 cm³/mol. The number of ketones is 1. The molecule has 0 amide bonds. The molecule has 6 fully saturated rings. The van der Waals surface area contributed by atoms with Crippen molar-refractivity contribution in [2.24, 2.45) is 34.0 Å². The lowest BCUT2D eigenvalue weighted by Gasteiger charge is -2.74. The second kappa shape index (κ2) is 5.27. The first-order valence-electron chi connectivity index (χ1n) is 10.5. The van der Waals surface area contributed by atoms with Crippen molar-refractivity contribution in [1.82, 2.24) is 0 Å². The summed E-state index contributed by atoms with van der Waals surface area (Å²) >= 11 is 0. The fourth-order valence-electron chi connectivity index (χ4n) is 8.16. The van der Waals surface area contributed by atoms with Gasteiger partial charge in [0.05, 0.1) is 12.0 Å². The topological polar surface area (TPSA) is 93.1 Å². The molecule has 6 nitrogen and oxygen atoms in total. The molecule has 0 radical (unpaired) electrons. The zero-order valence-electron chi connectivity index (χ0n) is 16.9. The van der Waals surface area contributed by atoms with Crippen LogP contribution in [0.5, 0.6) is 0 Å². The summed E-state index contributed by atoms with van der Waals surface area (Å²) in [5, 5.41) is 23.2. The number of hydrogen-bond acceptors (Lipinski definition) is 6. The number of hydrogen-bond donors (Lipinski definition) is 2. The molecule has 2 saturated heterocycles. The highest BCUT2D eigenvalue weighted by molar-refractivity contribution is 6.04. The number of Topliss-reactive ketones (excluding diaryl/α,β-unsaturated/α-hetero) is 1. The van der Waals surface area contributed by atoms with Crippen LogP contribution in [0.2, 0.25) is 0 Å². The predicted octanol–water partition coefficient (Wildman–Crippen LogP) is 1.98. The van der Waals surface area contributed by atoms with Gasteiger partial charge in [0.2, 0.25) is 5.79 Å². The highest BCUT2D eigenvalue weighted by Crippen LogP contribution is 2.76. The van der Waals surface area contributed by atoms with Gasteiger partial charge < -0.3 is 19.7 Å². The van der Waals surface area contributed by atoms with Crippen LogP contribution < -0.4 is 0 Å². The van der Waals surface area contributed by atoms with Crippen molar-refractivity contribution in [3.05, 3.63) is 12.2 Å². The average molecular weight is 390 g/mol. The van der Waals surface area contributed by atoms with Crippen molar-refractivity contribution in [2.75, 3.05) is 6.61 Å². The summed E-state index contributed by atoms with van der Waals surface area (Å²) in [4.78, 5) is 25.4. The van der Waals surface area contributed by atoms with Crippen LogP contribution >= 0.6 is 0 Å². The molecule has 2 heterocycles. The first kappa shape index (κ1) is 18.8. The van der Waals surface area contributed by atoms with Gasteiger partial charge in [-0.25, -0.2) is 0 Å². The molecule has 0 aromatic carbocycles. The van der Waals surface area contributed by atoms with Crippen molar-refractivity contribution in [3.8, 4) is 0 Å². The third-order valence-corrected chi connectivity index (χ3v) is 9.08. The first-order valence-corrected chi connectivity index (χ1v) is 10.5. The summed E-state index contributed by atoms with van der Waals surface area (Å²) in [7, 11) is 0. The minimum Gasteiger partial charge on any atom is -0.462 e. The molecule has 8 atom stereocenters. The number of allylic oxidation sites excluding steroid dienone is 1. The minimum atomic E-state index is -1.91. The summed E-state index contributed by atoms with van der Waals surface area (Å²) in [5.41, 5.74) is -1.59. The van der Waals surface area contributed by atoms with Crippen LogP contribution in [0.4, 0.5) is 0 Å². The lowest BCUT2D eigenvalue weighted by Crippen LogP contribution is -2.83. The standard InChI is InChI=1S/C22H30O6/c1-11-13-5-6-14-20-10-27-22(26,21(14,9-13)17(11)24)18(25)16(20)19(3,4)8-7-15(20)28-12(2)23/h13-16,18,25-26H,1,5-10H2,2-4H3/t13-,14-,15-,16+,18-,20+,21-,22+/m0/s1. The Labute approximate surface area is 165 Å². The molecule has 28 heavy (non-hydrogen) atoms. The van der Waals surface area contributed by atoms with E-state index in [-0.39, 0.29) is 41.5 Å². The van der Waals surface area contributed by atoms with Gasteiger partial charge in [0.1, 0.15) is 12.2 Å². The van der Waals surface area contributed by atoms with Crippen molar-refractivity contribution >= 4 is 11.8 Å². The Morgan fingerprint density at radius 3 is 2.68 bits per heavy atom. The molecular weight excluding hydrogens is 360 g/mol. The van der Waals surface area contributed by atoms with Crippen molar-refractivity contribution in [1.29, 1.82) is 0 Å². The zero-order valence-corrected chi connectivity index (χ0v) is 16.9. The van der Waals surface area contributed by atoms with E-state index in [1.807, 2.05) is 0 Å². The summed E-state index contributed by atoms with van der Waals surface area (Å²) < 4.78 is 11.8. The molecule has 2 aliphatic heterocycles. The Balaban J connectivity index is 1.76. The SMILES string of the molecule is C=C1C(=O)[C@]23C[C@@H]1CC[C@H]2[C@@]12CO[C@]3(O)[C@@H](O)[C@@H]1C(C)(C)CC[C@@H]2OC(C)=O. The van der Waals surface area contributed by atoms with E-state index >= 15 is 0 Å². The van der Waals surface area contributed by atoms with Gasteiger partial charge in [-0.05, 0) is 54.9 Å². The second-order valence-electron chi connectivity index (χ2n) is 10.5. The minimum absolute atomic E-state index is 0.0292. The van der Waals surface area contributed by atoms with Crippen LogP contribution in [0, 0.1) is 34.0 Å². The van der Waals surface area contributed by atoms with Gasteiger partial charge in [-0.3, -0.25) is 9.59 Å². The molecule has 0 aromatic rings. The van der Waals surface area contributed by atoms with Gasteiger partial charge >= 0.3 is 5.97 Å². The molecule has 0 aromatic heterocycles. The summed E-state index contributed by atoms with van der Waals surface area (Å²) in [6, 6.07) is 0. The van der Waals surface area contributed by atoms with Crippen LogP contribution in [0.1, 0.15) is 52.9 Å². The number of aliphatic hydroxyl groups excluding tert-OH is 1. The van der Waals surface area contributed by atoms with E-state index in [0.29, 0.717) is 18.4 Å². The molecule has 154 valence electrons. The maximum atomic E-state index is 13.5. The summed E-state index contributed by atoms with van der Waals surface area (Å²) in [6.45, 7) is 9.82. The Morgan fingerprint density at radius 1 is 1.29 bits per heavy atom.